The van der Waals surface area contributed by atoms with Gasteiger partial charge in [-0.2, -0.15) is 0 Å². The number of amides is 4. The third kappa shape index (κ3) is 3.59. The number of hydrogen-bond acceptors (Lipinski definition) is 6. The standard InChI is InChI=1S/C22H20N4O5.C2H6/c1-11-6-17-16(23-12(11)2)8-18(31-17)22(20(28)24-21(29)25-22)10-26-9-13-4-5-14(30-3)7-15(13)19(26)27;1-2/h4-8H,9-10H2,1-3H3,(H2,24,25,28,29);1-2H3/t22-;/m0./s1. The van der Waals surface area contributed by atoms with E-state index >= 15 is 0 Å². The fourth-order valence-electron chi connectivity index (χ4n) is 4.10. The van der Waals surface area contributed by atoms with Gasteiger partial charge in [0.1, 0.15) is 17.0 Å². The number of ether oxygens (including phenoxy) is 1. The third-order valence-electron chi connectivity index (χ3n) is 5.93. The summed E-state index contributed by atoms with van der Waals surface area (Å²) in [6.45, 7) is 8.02. The van der Waals surface area contributed by atoms with Crippen molar-refractivity contribution in [1.82, 2.24) is 20.5 Å². The predicted molar refractivity (Wildman–Crippen MR) is 121 cm³/mol. The maximum Gasteiger partial charge on any atom is 0.322 e. The number of carbonyl (C=O) groups is 3. The van der Waals surface area contributed by atoms with Gasteiger partial charge >= 0.3 is 6.03 Å². The van der Waals surface area contributed by atoms with E-state index in [0.717, 1.165) is 16.8 Å². The number of aromatic nitrogens is 1. The SMILES string of the molecule is CC.COc1ccc2c(c1)C(=O)N(C[C@@]1(c3cc4nc(C)c(C)cc4o3)NC(=O)NC1=O)C2. The molecular formula is C24H26N4O5. The summed E-state index contributed by atoms with van der Waals surface area (Å²) in [5.74, 6) is -0.0242. The molecule has 1 fully saturated rings. The molecule has 2 aliphatic heterocycles. The Morgan fingerprint density at radius 3 is 2.58 bits per heavy atom. The van der Waals surface area contributed by atoms with Crippen molar-refractivity contribution in [2.75, 3.05) is 13.7 Å². The molecule has 0 bridgehead atoms. The first-order valence-corrected chi connectivity index (χ1v) is 10.8. The average Bonchev–Trinajstić information content (AvgIpc) is 3.44. The molecule has 0 saturated carbocycles. The van der Waals surface area contributed by atoms with Crippen LogP contribution in [0.3, 0.4) is 0 Å². The van der Waals surface area contributed by atoms with Crippen molar-refractivity contribution in [3.05, 3.63) is 58.5 Å². The summed E-state index contributed by atoms with van der Waals surface area (Å²) in [7, 11) is 1.53. The van der Waals surface area contributed by atoms with Crippen molar-refractivity contribution in [1.29, 1.82) is 0 Å². The molecular weight excluding hydrogens is 424 g/mol. The molecule has 0 unspecified atom stereocenters. The molecule has 2 aliphatic rings. The first-order chi connectivity index (χ1) is 15.8. The minimum atomic E-state index is -1.55. The van der Waals surface area contributed by atoms with Crippen LogP contribution < -0.4 is 15.4 Å². The van der Waals surface area contributed by atoms with Crippen LogP contribution >= 0.6 is 0 Å². The second-order valence-corrected chi connectivity index (χ2v) is 7.88. The molecule has 9 nitrogen and oxygen atoms in total. The molecule has 4 heterocycles. The number of carbonyl (C=O) groups excluding carboxylic acids is 3. The zero-order chi connectivity index (χ0) is 23.9. The number of nitrogens with zero attached hydrogens (tertiary/aromatic N) is 2. The maximum atomic E-state index is 13.1. The van der Waals surface area contributed by atoms with Gasteiger partial charge in [0.05, 0.1) is 13.7 Å². The number of benzene rings is 1. The van der Waals surface area contributed by atoms with Crippen LogP contribution in [-0.2, 0) is 16.9 Å². The molecule has 1 aromatic carbocycles. The lowest BCUT2D eigenvalue weighted by Gasteiger charge is -2.28. The topological polar surface area (TPSA) is 114 Å². The summed E-state index contributed by atoms with van der Waals surface area (Å²) in [4.78, 5) is 44.1. The summed E-state index contributed by atoms with van der Waals surface area (Å²) in [6.07, 6.45) is 0. The summed E-state index contributed by atoms with van der Waals surface area (Å²) in [5.41, 5.74) is 2.65. The normalized spacial score (nSPS) is 19.2. The number of fused-ring (bicyclic) bond motifs is 2. The maximum absolute atomic E-state index is 13.1. The molecule has 0 spiro atoms. The molecule has 1 saturated heterocycles. The van der Waals surface area contributed by atoms with Crippen molar-refractivity contribution in [2.45, 2.75) is 39.8 Å². The Balaban J connectivity index is 0.00000126. The van der Waals surface area contributed by atoms with Crippen LogP contribution in [0.1, 0.15) is 46.8 Å². The van der Waals surface area contributed by atoms with Crippen LogP contribution in [-0.4, -0.2) is 41.4 Å². The van der Waals surface area contributed by atoms with Gasteiger partial charge in [0.15, 0.2) is 11.1 Å². The highest BCUT2D eigenvalue weighted by Gasteiger charge is 2.53. The van der Waals surface area contributed by atoms with E-state index in [1.165, 1.54) is 12.0 Å². The van der Waals surface area contributed by atoms with Gasteiger partial charge < -0.3 is 19.4 Å². The summed E-state index contributed by atoms with van der Waals surface area (Å²) in [5, 5.41) is 4.95. The van der Waals surface area contributed by atoms with Gasteiger partial charge in [-0.1, -0.05) is 19.9 Å². The fraction of sp³-hybridized carbons (Fsp3) is 0.333. The Morgan fingerprint density at radius 1 is 1.15 bits per heavy atom. The van der Waals surface area contributed by atoms with Crippen molar-refractivity contribution in [3.8, 4) is 5.75 Å². The molecule has 2 aromatic heterocycles. The van der Waals surface area contributed by atoms with Gasteiger partial charge in [0.2, 0.25) is 0 Å². The van der Waals surface area contributed by atoms with Crippen molar-refractivity contribution in [2.24, 2.45) is 0 Å². The van der Waals surface area contributed by atoms with E-state index in [1.54, 1.807) is 18.2 Å². The highest BCUT2D eigenvalue weighted by Crippen LogP contribution is 2.35. The first kappa shape index (κ1) is 22.3. The zero-order valence-corrected chi connectivity index (χ0v) is 19.2. The number of hydrogen-bond donors (Lipinski definition) is 2. The van der Waals surface area contributed by atoms with Crippen molar-refractivity contribution in [3.63, 3.8) is 0 Å². The van der Waals surface area contributed by atoms with Crippen LogP contribution in [0.2, 0.25) is 0 Å². The van der Waals surface area contributed by atoms with E-state index in [1.807, 2.05) is 39.8 Å². The van der Waals surface area contributed by atoms with Crippen LogP contribution in [0, 0.1) is 13.8 Å². The Morgan fingerprint density at radius 2 is 1.91 bits per heavy atom. The fourth-order valence-corrected chi connectivity index (χ4v) is 4.10. The van der Waals surface area contributed by atoms with Gasteiger partial charge in [-0.05, 0) is 43.2 Å². The highest BCUT2D eigenvalue weighted by molar-refractivity contribution is 6.08. The number of nitrogens with one attached hydrogen (secondary N) is 2. The van der Waals surface area contributed by atoms with Gasteiger partial charge in [-0.3, -0.25) is 14.9 Å². The number of imide groups is 1. The molecule has 0 radical (unpaired) electrons. The van der Waals surface area contributed by atoms with E-state index in [-0.39, 0.29) is 18.2 Å². The van der Waals surface area contributed by atoms with Crippen molar-refractivity contribution < 1.29 is 23.5 Å². The number of methoxy groups -OCH3 is 1. The van der Waals surface area contributed by atoms with Crippen LogP contribution in [0.15, 0.2) is 34.7 Å². The molecule has 5 rings (SSSR count). The number of rotatable bonds is 4. The van der Waals surface area contributed by atoms with Crippen molar-refractivity contribution >= 4 is 28.9 Å². The highest BCUT2D eigenvalue weighted by atomic mass is 16.5. The molecule has 3 aromatic rings. The predicted octanol–water partition coefficient (Wildman–Crippen LogP) is 3.17. The minimum Gasteiger partial charge on any atom is -0.497 e. The van der Waals surface area contributed by atoms with E-state index in [4.69, 9.17) is 9.15 Å². The Labute approximate surface area is 191 Å². The Hall–Kier alpha value is -3.88. The Kier molecular flexibility index (Phi) is 5.57. The average molecular weight is 450 g/mol. The summed E-state index contributed by atoms with van der Waals surface area (Å²) >= 11 is 0. The number of furan rings is 1. The number of pyridine rings is 1. The lowest BCUT2D eigenvalue weighted by Crippen LogP contribution is -2.52. The Bertz CT molecular complexity index is 1240. The van der Waals surface area contributed by atoms with Gasteiger partial charge in [-0.15, -0.1) is 0 Å². The number of urea groups is 1. The number of aryl methyl sites for hydroxylation is 2. The molecule has 4 amide bonds. The van der Waals surface area contributed by atoms with Gasteiger partial charge in [0, 0.05) is 23.9 Å². The molecule has 1 atom stereocenters. The van der Waals surface area contributed by atoms with Crippen LogP contribution in [0.4, 0.5) is 4.79 Å². The molecule has 9 heteroatoms. The minimum absolute atomic E-state index is 0.0851. The van der Waals surface area contributed by atoms with Gasteiger partial charge in [-0.25, -0.2) is 9.78 Å². The molecule has 0 aliphatic carbocycles. The van der Waals surface area contributed by atoms with Crippen LogP contribution in [0.25, 0.3) is 11.1 Å². The quantitative estimate of drug-likeness (QED) is 0.590. The molecule has 172 valence electrons. The van der Waals surface area contributed by atoms with Gasteiger partial charge in [0.25, 0.3) is 11.8 Å². The third-order valence-corrected chi connectivity index (χ3v) is 5.93. The van der Waals surface area contributed by atoms with E-state index < -0.39 is 17.5 Å². The van der Waals surface area contributed by atoms with E-state index in [0.29, 0.717) is 29.0 Å². The lowest BCUT2D eigenvalue weighted by atomic mass is 9.95. The van der Waals surface area contributed by atoms with E-state index in [9.17, 15) is 14.4 Å². The lowest BCUT2D eigenvalue weighted by molar-refractivity contribution is -0.125. The first-order valence-electron chi connectivity index (χ1n) is 10.8. The second kappa shape index (κ2) is 8.23. The smallest absolute Gasteiger partial charge is 0.322 e. The molecule has 33 heavy (non-hydrogen) atoms. The largest absolute Gasteiger partial charge is 0.497 e. The monoisotopic (exact) mass is 450 g/mol. The second-order valence-electron chi connectivity index (χ2n) is 7.88. The van der Waals surface area contributed by atoms with Crippen LogP contribution in [0.5, 0.6) is 5.75 Å². The zero-order valence-electron chi connectivity index (χ0n) is 19.2. The molecule has 2 N–H and O–H groups in total. The van der Waals surface area contributed by atoms with E-state index in [2.05, 4.69) is 15.6 Å². The summed E-state index contributed by atoms with van der Waals surface area (Å²) in [6, 6.07) is 8.12. The summed E-state index contributed by atoms with van der Waals surface area (Å²) < 4.78 is 11.2.